The molecule has 0 bridgehead atoms. The number of nitrogens with zero attached hydrogens (tertiary/aromatic N) is 2. The molecule has 4 amide bonds. The normalized spacial score (nSPS) is 18.0. The minimum Gasteiger partial charge on any atom is -0.481 e. The standard InChI is InChI=1S/C19H16N2O9/c22-13-6-7-14(23)20(13)10-12(18(26)27)17(11-4-2-1-3-5-11)29-19(28)30-21-15(24)8-9-16(21)25/h1-7,12,17H,8-10H2,(H,26,27). The molecule has 30 heavy (non-hydrogen) atoms. The van der Waals surface area contributed by atoms with Gasteiger partial charge in [-0.2, -0.15) is 0 Å². The van der Waals surface area contributed by atoms with E-state index in [4.69, 9.17) is 4.74 Å². The molecule has 2 heterocycles. The summed E-state index contributed by atoms with van der Waals surface area (Å²) in [7, 11) is 0. The number of aliphatic carboxylic acids is 1. The number of hydrogen-bond acceptors (Lipinski definition) is 8. The molecular weight excluding hydrogens is 400 g/mol. The fourth-order valence-corrected chi connectivity index (χ4v) is 2.99. The van der Waals surface area contributed by atoms with E-state index in [1.807, 2.05) is 0 Å². The van der Waals surface area contributed by atoms with E-state index in [1.54, 1.807) is 18.2 Å². The summed E-state index contributed by atoms with van der Waals surface area (Å²) in [6, 6.07) is 7.74. The first-order valence-electron chi connectivity index (χ1n) is 8.83. The maximum absolute atomic E-state index is 12.2. The molecule has 1 N–H and O–H groups in total. The van der Waals surface area contributed by atoms with Crippen molar-refractivity contribution in [3.63, 3.8) is 0 Å². The summed E-state index contributed by atoms with van der Waals surface area (Å²) in [5.41, 5.74) is 0.243. The molecule has 156 valence electrons. The van der Waals surface area contributed by atoms with Crippen LogP contribution in [-0.2, 0) is 33.5 Å². The lowest BCUT2D eigenvalue weighted by atomic mass is 9.95. The van der Waals surface area contributed by atoms with Crippen LogP contribution in [0.2, 0.25) is 0 Å². The quantitative estimate of drug-likeness (QED) is 0.497. The number of rotatable bonds is 7. The maximum atomic E-state index is 12.2. The molecule has 0 saturated carbocycles. The summed E-state index contributed by atoms with van der Waals surface area (Å²) in [6.45, 7) is -0.575. The summed E-state index contributed by atoms with van der Waals surface area (Å²) >= 11 is 0. The van der Waals surface area contributed by atoms with Gasteiger partial charge in [-0.1, -0.05) is 35.4 Å². The van der Waals surface area contributed by atoms with Crippen LogP contribution < -0.4 is 0 Å². The second kappa shape index (κ2) is 8.55. The Balaban J connectivity index is 1.83. The summed E-state index contributed by atoms with van der Waals surface area (Å²) in [5.74, 6) is -5.86. The Labute approximate surface area is 169 Å². The van der Waals surface area contributed by atoms with E-state index in [0.29, 0.717) is 4.90 Å². The first-order valence-corrected chi connectivity index (χ1v) is 8.83. The number of carboxylic acids is 1. The van der Waals surface area contributed by atoms with Gasteiger partial charge in [-0.25, -0.2) is 4.79 Å². The van der Waals surface area contributed by atoms with Crippen molar-refractivity contribution in [2.45, 2.75) is 18.9 Å². The fourth-order valence-electron chi connectivity index (χ4n) is 2.99. The molecule has 0 spiro atoms. The van der Waals surface area contributed by atoms with Gasteiger partial charge in [0.15, 0.2) is 0 Å². The third kappa shape index (κ3) is 4.35. The summed E-state index contributed by atoms with van der Waals surface area (Å²) in [5, 5.41) is 9.96. The first-order chi connectivity index (χ1) is 14.3. The second-order valence-electron chi connectivity index (χ2n) is 6.44. The van der Waals surface area contributed by atoms with E-state index in [-0.39, 0.29) is 23.5 Å². The largest absolute Gasteiger partial charge is 0.534 e. The highest BCUT2D eigenvalue weighted by Gasteiger charge is 2.40. The molecule has 2 atom stereocenters. The maximum Gasteiger partial charge on any atom is 0.534 e. The van der Waals surface area contributed by atoms with Gasteiger partial charge in [-0.15, -0.1) is 0 Å². The molecule has 1 saturated heterocycles. The molecule has 2 aliphatic rings. The zero-order chi connectivity index (χ0) is 21.8. The summed E-state index contributed by atoms with van der Waals surface area (Å²) < 4.78 is 5.14. The lowest BCUT2D eigenvalue weighted by Crippen LogP contribution is -2.41. The molecule has 11 nitrogen and oxygen atoms in total. The third-order valence-electron chi connectivity index (χ3n) is 4.49. The molecule has 0 aliphatic carbocycles. The summed E-state index contributed by atoms with van der Waals surface area (Å²) in [4.78, 5) is 76.4. The highest BCUT2D eigenvalue weighted by molar-refractivity contribution is 6.13. The highest BCUT2D eigenvalue weighted by Crippen LogP contribution is 2.29. The van der Waals surface area contributed by atoms with Crippen LogP contribution in [0.5, 0.6) is 0 Å². The number of imide groups is 2. The van der Waals surface area contributed by atoms with Crippen molar-refractivity contribution in [3.05, 3.63) is 48.0 Å². The smallest absolute Gasteiger partial charge is 0.481 e. The van der Waals surface area contributed by atoms with Crippen LogP contribution in [0.25, 0.3) is 0 Å². The number of benzene rings is 1. The van der Waals surface area contributed by atoms with Gasteiger partial charge in [0.2, 0.25) is 0 Å². The number of hydrogen-bond donors (Lipinski definition) is 1. The Bertz CT molecular complexity index is 907. The molecule has 0 radical (unpaired) electrons. The van der Waals surface area contributed by atoms with Crippen LogP contribution in [0.1, 0.15) is 24.5 Å². The fraction of sp³-hybridized carbons (Fsp3) is 0.263. The Morgan fingerprint density at radius 1 is 0.967 bits per heavy atom. The second-order valence-corrected chi connectivity index (χ2v) is 6.44. The van der Waals surface area contributed by atoms with Crippen LogP contribution in [-0.4, -0.2) is 57.4 Å². The highest BCUT2D eigenvalue weighted by atomic mass is 16.8. The number of carboxylic acid groups (broad SMARTS) is 1. The summed E-state index contributed by atoms with van der Waals surface area (Å²) in [6.07, 6.45) is -1.21. The number of ether oxygens (including phenoxy) is 1. The topological polar surface area (TPSA) is 148 Å². The number of carbonyl (C=O) groups is 6. The monoisotopic (exact) mass is 416 g/mol. The van der Waals surface area contributed by atoms with Crippen molar-refractivity contribution < 1.29 is 43.4 Å². The lowest BCUT2D eigenvalue weighted by Gasteiger charge is -2.27. The molecule has 3 rings (SSSR count). The van der Waals surface area contributed by atoms with E-state index in [2.05, 4.69) is 4.84 Å². The van der Waals surface area contributed by atoms with Crippen LogP contribution in [0.3, 0.4) is 0 Å². The Kier molecular flexibility index (Phi) is 5.90. The van der Waals surface area contributed by atoms with Gasteiger partial charge >= 0.3 is 12.1 Å². The number of amides is 4. The molecule has 2 aliphatic heterocycles. The van der Waals surface area contributed by atoms with Crippen molar-refractivity contribution in [1.82, 2.24) is 9.96 Å². The average Bonchev–Trinajstić information content (AvgIpc) is 3.20. The van der Waals surface area contributed by atoms with E-state index in [9.17, 15) is 33.9 Å². The van der Waals surface area contributed by atoms with Crippen molar-refractivity contribution >= 4 is 35.8 Å². The molecule has 0 aromatic heterocycles. The van der Waals surface area contributed by atoms with Crippen molar-refractivity contribution in [3.8, 4) is 0 Å². The molecule has 1 aromatic carbocycles. The van der Waals surface area contributed by atoms with Crippen LogP contribution >= 0.6 is 0 Å². The predicted octanol–water partition coefficient (Wildman–Crippen LogP) is 0.571. The van der Waals surface area contributed by atoms with E-state index >= 15 is 0 Å². The molecule has 1 aromatic rings. The van der Waals surface area contributed by atoms with Crippen molar-refractivity contribution in [2.24, 2.45) is 5.92 Å². The third-order valence-corrected chi connectivity index (χ3v) is 4.49. The van der Waals surface area contributed by atoms with E-state index in [1.165, 1.54) is 12.1 Å². The molecule has 1 fully saturated rings. The Morgan fingerprint density at radius 3 is 2.07 bits per heavy atom. The van der Waals surface area contributed by atoms with Gasteiger partial charge in [0.1, 0.15) is 12.0 Å². The van der Waals surface area contributed by atoms with Gasteiger partial charge in [-0.3, -0.25) is 33.7 Å². The zero-order valence-electron chi connectivity index (χ0n) is 15.4. The Morgan fingerprint density at radius 2 is 1.53 bits per heavy atom. The van der Waals surface area contributed by atoms with E-state index < -0.39 is 54.3 Å². The lowest BCUT2D eigenvalue weighted by molar-refractivity contribution is -0.181. The van der Waals surface area contributed by atoms with Gasteiger partial charge in [0.25, 0.3) is 23.6 Å². The SMILES string of the molecule is O=C(OC(c1ccccc1)C(CN1C(=O)C=CC1=O)C(=O)O)ON1C(=O)CCC1=O. The van der Waals surface area contributed by atoms with Crippen LogP contribution in [0, 0.1) is 5.92 Å². The molecule has 2 unspecified atom stereocenters. The molecule has 11 heteroatoms. The minimum absolute atomic E-state index is 0.127. The number of carbonyl (C=O) groups excluding carboxylic acids is 5. The van der Waals surface area contributed by atoms with Gasteiger partial charge in [0, 0.05) is 31.5 Å². The zero-order valence-corrected chi connectivity index (χ0v) is 15.4. The van der Waals surface area contributed by atoms with Gasteiger partial charge in [0.05, 0.1) is 0 Å². The Hall–Kier alpha value is -4.02. The van der Waals surface area contributed by atoms with Crippen LogP contribution in [0.4, 0.5) is 4.79 Å². The average molecular weight is 416 g/mol. The van der Waals surface area contributed by atoms with Gasteiger partial charge < -0.3 is 9.84 Å². The molecular formula is C19H16N2O9. The number of hydroxylamine groups is 2. The minimum atomic E-state index is -1.54. The predicted molar refractivity (Wildman–Crippen MR) is 94.8 cm³/mol. The van der Waals surface area contributed by atoms with Gasteiger partial charge in [-0.05, 0) is 5.56 Å². The first kappa shape index (κ1) is 20.7. The van der Waals surface area contributed by atoms with E-state index in [0.717, 1.165) is 12.2 Å². The van der Waals surface area contributed by atoms with Crippen molar-refractivity contribution in [1.29, 1.82) is 0 Å². The van der Waals surface area contributed by atoms with Crippen molar-refractivity contribution in [2.75, 3.05) is 6.54 Å². The van der Waals surface area contributed by atoms with Crippen LogP contribution in [0.15, 0.2) is 42.5 Å².